The first-order chi connectivity index (χ1) is 1.91. The Bertz CT molecular complexity index is 74.8. The number of hydrogen-bond donors (Lipinski definition) is 1. The van der Waals surface area contributed by atoms with Crippen molar-refractivity contribution in [2.75, 3.05) is 0 Å². The molecule has 0 amide bonds. The predicted molar refractivity (Wildman–Crippen MR) is 24.2 cm³/mol. The molecule has 0 atom stereocenters. The Hall–Kier alpha value is 0.823. The zero-order valence-electron chi connectivity index (χ0n) is 6.02. The average molecular weight is 177 g/mol. The molecule has 0 bridgehead atoms. The fraction of sp³-hybridized carbons (Fsp3) is 0. The van der Waals surface area contributed by atoms with E-state index < -0.39 is 0 Å². The fourth-order valence-corrected chi connectivity index (χ4v) is 0. The molecule has 0 saturated heterocycles. The summed E-state index contributed by atoms with van der Waals surface area (Å²) in [5.74, 6) is 0. The molecule has 0 aromatic heterocycles. The Morgan fingerprint density at radius 3 is 1.29 bits per heavy atom. The van der Waals surface area contributed by atoms with Crippen LogP contribution in [-0.4, -0.2) is 37.7 Å². The van der Waals surface area contributed by atoms with Crippen molar-refractivity contribution in [3.63, 3.8) is 0 Å². The zero-order valence-corrected chi connectivity index (χ0v) is 9.19. The van der Waals surface area contributed by atoms with Crippen LogP contribution in [0.25, 0.3) is 0 Å². The normalized spacial score (nSPS) is 1.43. The van der Waals surface area contributed by atoms with E-state index in [1.54, 1.807) is 0 Å². The van der Waals surface area contributed by atoms with Gasteiger partial charge in [-0.1, -0.05) is 0 Å². The van der Waals surface area contributed by atoms with E-state index in [1.807, 2.05) is 0 Å². The summed E-state index contributed by atoms with van der Waals surface area (Å²) in [6, 6.07) is 2.47. The minimum atomic E-state index is 0. The summed E-state index contributed by atoms with van der Waals surface area (Å²) in [6.45, 7) is 0. The second-order valence-corrected chi connectivity index (χ2v) is 0.224. The third-order valence-electron chi connectivity index (χ3n) is 0.0500. The van der Waals surface area contributed by atoms with Crippen molar-refractivity contribution in [2.24, 2.45) is 0 Å². The van der Waals surface area contributed by atoms with Gasteiger partial charge in [-0.15, -0.1) is 0 Å². The van der Waals surface area contributed by atoms with Crippen LogP contribution >= 0.6 is 0 Å². The molecule has 0 aliphatic rings. The summed E-state index contributed by atoms with van der Waals surface area (Å²) >= 11 is 0. The number of nitrogens with zero attached hydrogens (tertiary/aromatic N) is 2. The van der Waals surface area contributed by atoms with Gasteiger partial charge in [0.2, 0.25) is 0 Å². The first-order valence-electron chi connectivity index (χ1n) is 0.697. The van der Waals surface area contributed by atoms with E-state index in [-0.39, 0.29) is 66.2 Å². The van der Waals surface area contributed by atoms with Gasteiger partial charge in [0.25, 0.3) is 0 Å². The molecule has 0 aromatic rings. The van der Waals surface area contributed by atoms with Crippen molar-refractivity contribution in [3.05, 3.63) is 0 Å². The largest absolute Gasteiger partial charge is 2.00 e. The van der Waals surface area contributed by atoms with Crippen LogP contribution in [0.4, 0.5) is 0 Å². The first kappa shape index (κ1) is 24.9. The van der Waals surface area contributed by atoms with E-state index in [2.05, 4.69) is 0 Å². The van der Waals surface area contributed by atoms with E-state index in [0.29, 0.717) is 0 Å². The van der Waals surface area contributed by atoms with Crippen LogP contribution in [0.3, 0.4) is 0 Å². The van der Waals surface area contributed by atoms with E-state index in [1.165, 1.54) is 12.1 Å². The molecule has 32 valence electrons. The Morgan fingerprint density at radius 1 is 1.14 bits per heavy atom. The smallest absolute Gasteiger partial charge is 1.00 e. The van der Waals surface area contributed by atoms with Crippen molar-refractivity contribution in [3.8, 4) is 12.1 Å². The van der Waals surface area contributed by atoms with Gasteiger partial charge in [0, 0.05) is 19.5 Å². The van der Waals surface area contributed by atoms with Gasteiger partial charge in [-0.05, 0) is 0 Å². The van der Waals surface area contributed by atoms with Gasteiger partial charge in [-0.25, -0.2) is 0 Å². The van der Waals surface area contributed by atoms with Gasteiger partial charge in [0.1, 0.15) is 0 Å². The summed E-state index contributed by atoms with van der Waals surface area (Å²) in [4.78, 5) is 0. The summed E-state index contributed by atoms with van der Waals surface area (Å²) in [5, 5.41) is 14.5. The molecule has 3 N–H and O–H groups in total. The molecule has 0 unspecified atom stereocenters. The van der Waals surface area contributed by atoms with Crippen molar-refractivity contribution < 1.29 is 22.3 Å². The minimum absolute atomic E-state index is 0. The molecule has 0 aliphatic heterocycles. The monoisotopic (exact) mass is 175 g/mol. The molecule has 0 spiro atoms. The first-order valence-corrected chi connectivity index (χ1v) is 0.697. The van der Waals surface area contributed by atoms with E-state index in [9.17, 15) is 0 Å². The molecule has 0 rings (SSSR count). The maximum atomic E-state index is 7.26. The summed E-state index contributed by atoms with van der Waals surface area (Å²) < 4.78 is 0. The van der Waals surface area contributed by atoms with Crippen molar-refractivity contribution in [1.29, 1.82) is 10.5 Å². The van der Waals surface area contributed by atoms with Gasteiger partial charge < -0.3 is 9.00 Å². The SMILES string of the molecule is N.N#CC#N.[Ca+2].[H-].[H-].[Zn]. The fourth-order valence-electron chi connectivity index (χ4n) is 0. The van der Waals surface area contributed by atoms with Crippen molar-refractivity contribution in [2.45, 2.75) is 0 Å². The molecule has 0 aliphatic carbocycles. The van der Waals surface area contributed by atoms with E-state index in [0.717, 1.165) is 0 Å². The van der Waals surface area contributed by atoms with Crippen LogP contribution in [0.2, 0.25) is 0 Å². The molecule has 3 nitrogen and oxygen atoms in total. The summed E-state index contributed by atoms with van der Waals surface area (Å²) in [6.07, 6.45) is 0. The predicted octanol–water partition coefficient (Wildman–Crippen LogP) is 0.0373. The Morgan fingerprint density at radius 2 is 1.29 bits per heavy atom. The summed E-state index contributed by atoms with van der Waals surface area (Å²) in [5.41, 5.74) is 0. The third kappa shape index (κ3) is 47.8. The second kappa shape index (κ2) is 29.0. The molecule has 5 heteroatoms. The Kier molecular flexibility index (Phi) is 103. The number of nitriles is 2. The van der Waals surface area contributed by atoms with E-state index >= 15 is 0 Å². The molecular weight excluding hydrogens is 172 g/mol. The van der Waals surface area contributed by atoms with Gasteiger partial charge in [-0.3, -0.25) is 0 Å². The molecule has 0 saturated carbocycles. The molecule has 7 heavy (non-hydrogen) atoms. The van der Waals surface area contributed by atoms with Gasteiger partial charge in [0.15, 0.2) is 12.1 Å². The van der Waals surface area contributed by atoms with E-state index in [4.69, 9.17) is 10.5 Å². The van der Waals surface area contributed by atoms with Crippen LogP contribution < -0.4 is 6.15 Å². The van der Waals surface area contributed by atoms with Gasteiger partial charge in [0.05, 0.1) is 0 Å². The molecular formula is C2H5CaN3Zn. The average Bonchev–Trinajstić information content (AvgIpc) is 1.37. The maximum absolute atomic E-state index is 7.26. The van der Waals surface area contributed by atoms with Crippen molar-refractivity contribution in [1.82, 2.24) is 6.15 Å². The second-order valence-electron chi connectivity index (χ2n) is 0.224. The molecule has 0 fully saturated rings. The summed E-state index contributed by atoms with van der Waals surface area (Å²) in [7, 11) is 0. The molecule has 0 heterocycles. The topological polar surface area (TPSA) is 82.6 Å². The number of hydrogen-bond acceptors (Lipinski definition) is 3. The van der Waals surface area contributed by atoms with Crippen LogP contribution in [0.5, 0.6) is 0 Å². The van der Waals surface area contributed by atoms with Crippen molar-refractivity contribution >= 4 is 37.7 Å². The molecule has 0 aromatic carbocycles. The van der Waals surface area contributed by atoms with Crippen LogP contribution in [0.1, 0.15) is 2.85 Å². The standard InChI is InChI=1S/C2N2.Ca.H3N.Zn.2H/c3-1-2-4;;;;;/h;;1H3;;;/q;+2;;;2*-1. The third-order valence-corrected chi connectivity index (χ3v) is 0.0500. The quantitative estimate of drug-likeness (QED) is 0.529. The van der Waals surface area contributed by atoms with Crippen LogP contribution in [0, 0.1) is 22.7 Å². The van der Waals surface area contributed by atoms with Gasteiger partial charge in [-0.2, -0.15) is 10.5 Å². The molecule has 0 radical (unpaired) electrons. The number of rotatable bonds is 0. The van der Waals surface area contributed by atoms with Gasteiger partial charge >= 0.3 is 37.7 Å². The van der Waals surface area contributed by atoms with Crippen LogP contribution in [-0.2, 0) is 19.5 Å². The van der Waals surface area contributed by atoms with Crippen LogP contribution in [0.15, 0.2) is 0 Å². The zero-order chi connectivity index (χ0) is 3.41. The minimum Gasteiger partial charge on any atom is -1.00 e. The Labute approximate surface area is 88.0 Å². The Balaban J connectivity index is -0.00000000450. The maximum Gasteiger partial charge on any atom is 2.00 e.